The molecule has 0 saturated carbocycles. The molecule has 0 spiro atoms. The van der Waals surface area contributed by atoms with E-state index in [2.05, 4.69) is 15.0 Å². The zero-order valence-electron chi connectivity index (χ0n) is 15.1. The summed E-state index contributed by atoms with van der Waals surface area (Å²) < 4.78 is 31.0. The van der Waals surface area contributed by atoms with Crippen LogP contribution in [0.4, 0.5) is 0 Å². The summed E-state index contributed by atoms with van der Waals surface area (Å²) in [7, 11) is -4.06. The van der Waals surface area contributed by atoms with Crippen molar-refractivity contribution in [2.45, 2.75) is 31.7 Å². The molecule has 2 N–H and O–H groups in total. The lowest BCUT2D eigenvalue weighted by atomic mass is 10.1. The van der Waals surface area contributed by atoms with Crippen LogP contribution in [-0.2, 0) is 18.6 Å². The van der Waals surface area contributed by atoms with Crippen molar-refractivity contribution in [3.05, 3.63) is 43.0 Å². The molecule has 14 heteroatoms. The lowest BCUT2D eigenvalue weighted by Gasteiger charge is -2.30. The van der Waals surface area contributed by atoms with E-state index in [0.29, 0.717) is 18.8 Å². The van der Waals surface area contributed by atoms with Crippen molar-refractivity contribution in [3.63, 3.8) is 0 Å². The molecule has 1 aromatic heterocycles. The van der Waals surface area contributed by atoms with Crippen LogP contribution in [0.2, 0.25) is 0 Å². The Morgan fingerprint density at radius 2 is 2.18 bits per heavy atom. The standard InChI is InChI=1S/C14H21N6O7P/c1-9-7-20(14(22)16-13(9)21)12-6-10(17-18-15)11(27-12)8-26-28(23,24)19-2-4-25-5-3-19/h7,10-12H,2-6,8H2,1H3,(H,23,24)(H,16,21,22)/t10-,11+,12+/m0/s1. The highest BCUT2D eigenvalue weighted by Gasteiger charge is 2.39. The minimum absolute atomic E-state index is 0.150. The van der Waals surface area contributed by atoms with Crippen LogP contribution in [-0.4, -0.2) is 64.2 Å². The maximum absolute atomic E-state index is 12.4. The number of ether oxygens (including phenoxy) is 2. The monoisotopic (exact) mass is 416 g/mol. The summed E-state index contributed by atoms with van der Waals surface area (Å²) in [6.45, 7) is 2.40. The molecule has 0 bridgehead atoms. The molecule has 154 valence electrons. The van der Waals surface area contributed by atoms with Gasteiger partial charge in [0.2, 0.25) is 0 Å². The normalized spacial score (nSPS) is 27.9. The Morgan fingerprint density at radius 1 is 1.46 bits per heavy atom. The second kappa shape index (κ2) is 8.58. The quantitative estimate of drug-likeness (QED) is 0.288. The van der Waals surface area contributed by atoms with Crippen LogP contribution in [0.25, 0.3) is 10.4 Å². The van der Waals surface area contributed by atoms with Crippen LogP contribution >= 0.6 is 7.75 Å². The number of morpholine rings is 1. The van der Waals surface area contributed by atoms with Crippen molar-refractivity contribution in [1.82, 2.24) is 14.2 Å². The fourth-order valence-electron chi connectivity index (χ4n) is 3.08. The van der Waals surface area contributed by atoms with Crippen molar-refractivity contribution in [1.29, 1.82) is 0 Å². The maximum atomic E-state index is 12.4. The van der Waals surface area contributed by atoms with Gasteiger partial charge in [-0.15, -0.1) is 0 Å². The zero-order chi connectivity index (χ0) is 20.3. The number of aryl methyl sites for hydroxylation is 1. The van der Waals surface area contributed by atoms with Gasteiger partial charge in [0.1, 0.15) is 6.23 Å². The summed E-state index contributed by atoms with van der Waals surface area (Å²) in [5, 5.41) is 3.65. The highest BCUT2D eigenvalue weighted by Crippen LogP contribution is 2.47. The summed E-state index contributed by atoms with van der Waals surface area (Å²) in [4.78, 5) is 38.7. The number of hydrogen-bond donors (Lipinski definition) is 2. The van der Waals surface area contributed by atoms with E-state index in [4.69, 9.17) is 19.5 Å². The predicted molar refractivity (Wildman–Crippen MR) is 95.7 cm³/mol. The Kier molecular flexibility index (Phi) is 6.36. The van der Waals surface area contributed by atoms with Gasteiger partial charge in [-0.05, 0) is 12.5 Å². The smallest absolute Gasteiger partial charge is 0.379 e. The van der Waals surface area contributed by atoms with Crippen LogP contribution < -0.4 is 11.2 Å². The molecule has 28 heavy (non-hydrogen) atoms. The molecule has 1 unspecified atom stereocenters. The van der Waals surface area contributed by atoms with Crippen molar-refractivity contribution in [3.8, 4) is 0 Å². The Morgan fingerprint density at radius 3 is 2.86 bits per heavy atom. The lowest BCUT2D eigenvalue weighted by molar-refractivity contribution is -0.0277. The van der Waals surface area contributed by atoms with Gasteiger partial charge in [-0.25, -0.2) is 14.0 Å². The lowest BCUT2D eigenvalue weighted by Crippen LogP contribution is -2.35. The Labute approximate surface area is 159 Å². The third-order valence-corrected chi connectivity index (χ3v) is 6.21. The topological polar surface area (TPSA) is 172 Å². The molecule has 2 fully saturated rings. The predicted octanol–water partition coefficient (Wildman–Crippen LogP) is 0.261. The van der Waals surface area contributed by atoms with Gasteiger partial charge in [-0.3, -0.25) is 18.9 Å². The molecule has 0 radical (unpaired) electrons. The number of aromatic amines is 1. The highest BCUT2D eigenvalue weighted by molar-refractivity contribution is 7.50. The van der Waals surface area contributed by atoms with E-state index >= 15 is 0 Å². The number of aromatic nitrogens is 2. The number of hydrogen-bond acceptors (Lipinski definition) is 7. The average molecular weight is 416 g/mol. The second-order valence-electron chi connectivity index (χ2n) is 6.47. The molecule has 2 aliphatic rings. The van der Waals surface area contributed by atoms with Gasteiger partial charge in [0.25, 0.3) is 5.56 Å². The molecular formula is C14H21N6O7P. The van der Waals surface area contributed by atoms with Gasteiger partial charge in [-0.2, -0.15) is 0 Å². The molecule has 0 amide bonds. The minimum Gasteiger partial charge on any atom is -0.379 e. The first kappa shape index (κ1) is 20.7. The van der Waals surface area contributed by atoms with Gasteiger partial charge in [0.05, 0.1) is 32.0 Å². The highest BCUT2D eigenvalue weighted by atomic mass is 31.2. The van der Waals surface area contributed by atoms with Crippen molar-refractivity contribution < 1.29 is 23.5 Å². The van der Waals surface area contributed by atoms with E-state index in [1.807, 2.05) is 0 Å². The molecular weight excluding hydrogens is 395 g/mol. The molecule has 3 rings (SSSR count). The first-order valence-corrected chi connectivity index (χ1v) is 10.2. The van der Waals surface area contributed by atoms with Gasteiger partial charge < -0.3 is 14.4 Å². The van der Waals surface area contributed by atoms with E-state index in [-0.39, 0.29) is 26.1 Å². The summed E-state index contributed by atoms with van der Waals surface area (Å²) in [6, 6.07) is -0.709. The molecule has 2 saturated heterocycles. The first-order valence-electron chi connectivity index (χ1n) is 8.64. The maximum Gasteiger partial charge on any atom is 0.405 e. The summed E-state index contributed by atoms with van der Waals surface area (Å²) in [6.07, 6.45) is -0.140. The fourth-order valence-corrected chi connectivity index (χ4v) is 4.26. The zero-order valence-corrected chi connectivity index (χ0v) is 16.0. The second-order valence-corrected chi connectivity index (χ2v) is 8.27. The first-order chi connectivity index (χ1) is 13.3. The largest absolute Gasteiger partial charge is 0.405 e. The Hall–Kier alpha value is -1.98. The van der Waals surface area contributed by atoms with Crippen LogP contribution in [0.15, 0.2) is 20.9 Å². The van der Waals surface area contributed by atoms with E-state index in [1.165, 1.54) is 15.4 Å². The van der Waals surface area contributed by atoms with Crippen LogP contribution in [0.1, 0.15) is 18.2 Å². The average Bonchev–Trinajstić information content (AvgIpc) is 3.07. The van der Waals surface area contributed by atoms with Crippen molar-refractivity contribution in [2.24, 2.45) is 5.11 Å². The summed E-state index contributed by atoms with van der Waals surface area (Å²) in [5.41, 5.74) is 7.94. The third-order valence-electron chi connectivity index (χ3n) is 4.61. The minimum atomic E-state index is -4.06. The SMILES string of the molecule is Cc1cn([C@H]2C[C@H](N=[N+]=[N-])[C@@H](COP(=O)(O)N3CCOCC3)O2)c(=O)[nH]c1=O. The number of nitrogens with one attached hydrogen (secondary N) is 1. The van der Waals surface area contributed by atoms with E-state index in [1.54, 1.807) is 6.92 Å². The van der Waals surface area contributed by atoms with E-state index < -0.39 is 37.4 Å². The molecule has 4 atom stereocenters. The number of H-pyrrole nitrogens is 1. The number of rotatable bonds is 6. The molecule has 2 aliphatic heterocycles. The van der Waals surface area contributed by atoms with Gasteiger partial charge >= 0.3 is 13.4 Å². The van der Waals surface area contributed by atoms with Crippen molar-refractivity contribution >= 4 is 7.75 Å². The van der Waals surface area contributed by atoms with Crippen LogP contribution in [0.5, 0.6) is 0 Å². The number of azide groups is 1. The third kappa shape index (κ3) is 4.53. The number of nitrogens with zero attached hydrogens (tertiary/aromatic N) is 5. The van der Waals surface area contributed by atoms with Gasteiger partial charge in [0, 0.05) is 36.2 Å². The molecule has 0 aliphatic carbocycles. The van der Waals surface area contributed by atoms with E-state index in [0.717, 1.165) is 0 Å². The molecule has 1 aromatic rings. The Balaban J connectivity index is 1.73. The molecule has 3 heterocycles. The Bertz CT molecular complexity index is 919. The van der Waals surface area contributed by atoms with Gasteiger partial charge in [-0.1, -0.05) is 5.11 Å². The molecule has 13 nitrogen and oxygen atoms in total. The van der Waals surface area contributed by atoms with Crippen LogP contribution in [0, 0.1) is 6.92 Å². The summed E-state index contributed by atoms with van der Waals surface area (Å²) in [5.74, 6) is 0. The molecule has 0 aromatic carbocycles. The summed E-state index contributed by atoms with van der Waals surface area (Å²) >= 11 is 0. The van der Waals surface area contributed by atoms with Crippen molar-refractivity contribution in [2.75, 3.05) is 32.9 Å². The fraction of sp³-hybridized carbons (Fsp3) is 0.714. The van der Waals surface area contributed by atoms with Crippen LogP contribution in [0.3, 0.4) is 0 Å². The van der Waals surface area contributed by atoms with Gasteiger partial charge in [0.15, 0.2) is 0 Å². The van der Waals surface area contributed by atoms with E-state index in [9.17, 15) is 19.0 Å².